The molecular formula is C18H26F3N. The van der Waals surface area contributed by atoms with Gasteiger partial charge in [-0.1, -0.05) is 33.8 Å². The van der Waals surface area contributed by atoms with Gasteiger partial charge in [-0.25, -0.2) is 0 Å². The van der Waals surface area contributed by atoms with Gasteiger partial charge in [0.05, 0.1) is 5.56 Å². The Morgan fingerprint density at radius 2 is 1.82 bits per heavy atom. The van der Waals surface area contributed by atoms with Crippen molar-refractivity contribution in [3.63, 3.8) is 0 Å². The van der Waals surface area contributed by atoms with Gasteiger partial charge in [-0.15, -0.1) is 0 Å². The zero-order valence-corrected chi connectivity index (χ0v) is 13.8. The van der Waals surface area contributed by atoms with E-state index >= 15 is 0 Å². The van der Waals surface area contributed by atoms with E-state index in [2.05, 4.69) is 0 Å². The number of alkyl halides is 3. The molecule has 1 saturated carbocycles. The molecule has 0 amide bonds. The van der Waals surface area contributed by atoms with Gasteiger partial charge in [-0.05, 0) is 54.9 Å². The van der Waals surface area contributed by atoms with Crippen molar-refractivity contribution in [3.8, 4) is 0 Å². The summed E-state index contributed by atoms with van der Waals surface area (Å²) in [6.45, 7) is 7.92. The van der Waals surface area contributed by atoms with Crippen molar-refractivity contribution < 1.29 is 13.2 Å². The van der Waals surface area contributed by atoms with E-state index in [1.54, 1.807) is 0 Å². The van der Waals surface area contributed by atoms with E-state index in [0.717, 1.165) is 37.3 Å². The summed E-state index contributed by atoms with van der Waals surface area (Å²) in [5.74, 6) is 0.0616. The van der Waals surface area contributed by atoms with Crippen molar-refractivity contribution in [3.05, 3.63) is 40.5 Å². The van der Waals surface area contributed by atoms with E-state index in [0.29, 0.717) is 11.3 Å². The van der Waals surface area contributed by atoms with E-state index in [9.17, 15) is 13.2 Å². The standard InChI is InChI=1S/C16H20F3N.C2H6/c1-3-10(2)14-9-12(16(17,18)19)7-8-13(14)15(20)11-5-4-6-11;1-2/h7-10H,3-6,20H2,1-2H3;1-2H3. The quantitative estimate of drug-likeness (QED) is 0.717. The van der Waals surface area contributed by atoms with Crippen molar-refractivity contribution in [1.29, 1.82) is 0 Å². The molecule has 1 aromatic rings. The molecule has 22 heavy (non-hydrogen) atoms. The SMILES string of the molecule is CC.CCC(C)c1cc(C(F)(F)F)ccc1C(N)=C1CCC1. The number of halogens is 3. The monoisotopic (exact) mass is 313 g/mol. The Morgan fingerprint density at radius 3 is 2.23 bits per heavy atom. The van der Waals surface area contributed by atoms with Gasteiger partial charge >= 0.3 is 6.18 Å². The minimum atomic E-state index is -4.31. The highest BCUT2D eigenvalue weighted by Gasteiger charge is 2.31. The molecule has 1 fully saturated rings. The predicted octanol–water partition coefficient (Wildman–Crippen LogP) is 6.10. The van der Waals surface area contributed by atoms with Gasteiger partial charge in [0.15, 0.2) is 0 Å². The summed E-state index contributed by atoms with van der Waals surface area (Å²) >= 11 is 0. The van der Waals surface area contributed by atoms with Crippen molar-refractivity contribution in [2.24, 2.45) is 5.73 Å². The van der Waals surface area contributed by atoms with E-state index in [-0.39, 0.29) is 5.92 Å². The molecule has 1 unspecified atom stereocenters. The van der Waals surface area contributed by atoms with Crippen LogP contribution in [0, 0.1) is 0 Å². The molecule has 0 saturated heterocycles. The van der Waals surface area contributed by atoms with Gasteiger partial charge in [-0.2, -0.15) is 13.2 Å². The third-order valence-corrected chi connectivity index (χ3v) is 4.15. The molecule has 0 aromatic heterocycles. The Hall–Kier alpha value is -1.45. The molecule has 2 N–H and O–H groups in total. The first-order valence-electron chi connectivity index (χ1n) is 8.03. The fraction of sp³-hybridized carbons (Fsp3) is 0.556. The molecular weight excluding hydrogens is 287 g/mol. The van der Waals surface area contributed by atoms with Crippen LogP contribution in [0.3, 0.4) is 0 Å². The second-order valence-electron chi connectivity index (χ2n) is 5.48. The number of hydrogen-bond donors (Lipinski definition) is 1. The second kappa shape index (κ2) is 7.70. The highest BCUT2D eigenvalue weighted by molar-refractivity contribution is 5.70. The zero-order valence-electron chi connectivity index (χ0n) is 13.8. The molecule has 0 aliphatic heterocycles. The predicted molar refractivity (Wildman–Crippen MR) is 86.5 cm³/mol. The molecule has 2 rings (SSSR count). The maximum absolute atomic E-state index is 12.9. The zero-order chi connectivity index (χ0) is 16.9. The molecule has 0 spiro atoms. The number of hydrogen-bond acceptors (Lipinski definition) is 1. The van der Waals surface area contributed by atoms with E-state index in [4.69, 9.17) is 5.73 Å². The van der Waals surface area contributed by atoms with Gasteiger partial charge in [0.25, 0.3) is 0 Å². The van der Waals surface area contributed by atoms with Crippen molar-refractivity contribution in [1.82, 2.24) is 0 Å². The molecule has 124 valence electrons. The number of benzene rings is 1. The van der Waals surface area contributed by atoms with Crippen LogP contribution in [0.1, 0.15) is 76.0 Å². The largest absolute Gasteiger partial charge is 0.416 e. The lowest BCUT2D eigenvalue weighted by molar-refractivity contribution is -0.137. The minimum Gasteiger partial charge on any atom is -0.398 e. The summed E-state index contributed by atoms with van der Waals surface area (Å²) in [6, 6.07) is 3.92. The van der Waals surface area contributed by atoms with Crippen LogP contribution < -0.4 is 5.73 Å². The molecule has 0 radical (unpaired) electrons. The molecule has 0 bridgehead atoms. The Bertz CT molecular complexity index is 524. The Kier molecular flexibility index (Phi) is 6.51. The van der Waals surface area contributed by atoms with Crippen LogP contribution in [0.5, 0.6) is 0 Å². The van der Waals surface area contributed by atoms with Crippen LogP contribution in [0.25, 0.3) is 5.70 Å². The van der Waals surface area contributed by atoms with Crippen LogP contribution in [0.4, 0.5) is 13.2 Å². The minimum absolute atomic E-state index is 0.0616. The number of nitrogens with two attached hydrogens (primary N) is 1. The maximum Gasteiger partial charge on any atom is 0.416 e. The Morgan fingerprint density at radius 1 is 1.23 bits per heavy atom. The Labute approximate surface area is 131 Å². The molecule has 1 atom stereocenters. The van der Waals surface area contributed by atoms with Gasteiger partial charge in [0.1, 0.15) is 0 Å². The van der Waals surface area contributed by atoms with E-state index < -0.39 is 11.7 Å². The number of rotatable bonds is 3. The smallest absolute Gasteiger partial charge is 0.398 e. The molecule has 1 nitrogen and oxygen atoms in total. The van der Waals surface area contributed by atoms with Crippen molar-refractivity contribution in [2.45, 2.75) is 65.5 Å². The lowest BCUT2D eigenvalue weighted by Gasteiger charge is -2.23. The summed E-state index contributed by atoms with van der Waals surface area (Å²) in [5.41, 5.74) is 8.90. The van der Waals surface area contributed by atoms with Crippen LogP contribution in [0.15, 0.2) is 23.8 Å². The Balaban J connectivity index is 0.00000116. The van der Waals surface area contributed by atoms with Crippen molar-refractivity contribution in [2.75, 3.05) is 0 Å². The summed E-state index contributed by atoms with van der Waals surface area (Å²) < 4.78 is 38.6. The highest BCUT2D eigenvalue weighted by Crippen LogP contribution is 2.37. The summed E-state index contributed by atoms with van der Waals surface area (Å²) in [6.07, 6.45) is -0.467. The summed E-state index contributed by atoms with van der Waals surface area (Å²) in [4.78, 5) is 0. The average molecular weight is 313 g/mol. The normalized spacial score (nSPS) is 15.5. The van der Waals surface area contributed by atoms with Crippen molar-refractivity contribution >= 4 is 5.70 Å². The van der Waals surface area contributed by atoms with Crippen LogP contribution in [-0.4, -0.2) is 0 Å². The summed E-state index contributed by atoms with van der Waals surface area (Å²) in [7, 11) is 0. The van der Waals surface area contributed by atoms with E-state index in [1.807, 2.05) is 27.7 Å². The van der Waals surface area contributed by atoms with Crippen LogP contribution >= 0.6 is 0 Å². The third kappa shape index (κ3) is 4.05. The first kappa shape index (κ1) is 18.6. The third-order valence-electron chi connectivity index (χ3n) is 4.15. The van der Waals surface area contributed by atoms with Gasteiger partial charge in [-0.3, -0.25) is 0 Å². The maximum atomic E-state index is 12.9. The lowest BCUT2D eigenvalue weighted by Crippen LogP contribution is -2.13. The average Bonchev–Trinajstić information content (AvgIpc) is 2.45. The summed E-state index contributed by atoms with van der Waals surface area (Å²) in [5, 5.41) is 0. The fourth-order valence-electron chi connectivity index (χ4n) is 2.43. The topological polar surface area (TPSA) is 26.0 Å². The number of allylic oxidation sites excluding steroid dienone is 1. The lowest BCUT2D eigenvalue weighted by atomic mass is 9.84. The van der Waals surface area contributed by atoms with Gasteiger partial charge < -0.3 is 5.73 Å². The van der Waals surface area contributed by atoms with Crippen LogP contribution in [-0.2, 0) is 6.18 Å². The van der Waals surface area contributed by atoms with E-state index in [1.165, 1.54) is 17.7 Å². The molecule has 1 aliphatic carbocycles. The molecule has 1 aliphatic rings. The molecule has 0 heterocycles. The molecule has 1 aromatic carbocycles. The van der Waals surface area contributed by atoms with Gasteiger partial charge in [0.2, 0.25) is 0 Å². The van der Waals surface area contributed by atoms with Crippen LogP contribution in [0.2, 0.25) is 0 Å². The molecule has 4 heteroatoms. The highest BCUT2D eigenvalue weighted by atomic mass is 19.4. The fourth-order valence-corrected chi connectivity index (χ4v) is 2.43. The van der Waals surface area contributed by atoms with Gasteiger partial charge in [0, 0.05) is 11.3 Å². The second-order valence-corrected chi connectivity index (χ2v) is 5.48. The first-order chi connectivity index (χ1) is 10.3. The first-order valence-corrected chi connectivity index (χ1v) is 8.03.